The molecule has 0 amide bonds. The van der Waals surface area contributed by atoms with E-state index in [0.717, 1.165) is 23.5 Å². The Hall–Kier alpha value is -3.38. The summed E-state index contributed by atoms with van der Waals surface area (Å²) in [6, 6.07) is 20.1. The highest BCUT2D eigenvalue weighted by Gasteiger charge is 2.11. The highest BCUT2D eigenvalue weighted by molar-refractivity contribution is 5.47. The summed E-state index contributed by atoms with van der Waals surface area (Å²) in [5.41, 5.74) is 12.4. The van der Waals surface area contributed by atoms with E-state index in [9.17, 15) is 0 Å². The fourth-order valence-electron chi connectivity index (χ4n) is 2.95. The maximum Gasteiger partial charge on any atom is 0.0923 e. The monoisotopic (exact) mass is 386 g/mol. The van der Waals surface area contributed by atoms with Crippen LogP contribution in [0, 0.1) is 5.53 Å². The van der Waals surface area contributed by atoms with Crippen LogP contribution >= 0.6 is 0 Å². The SMILES string of the molecule is CCc1ccc(N/C=C(/CN(Cc2ccccn2)Cc2ccccn2)N=N)cc1. The summed E-state index contributed by atoms with van der Waals surface area (Å²) in [6.45, 7) is 3.94. The molecule has 0 unspecified atom stereocenters. The second-order valence-corrected chi connectivity index (χ2v) is 6.73. The lowest BCUT2D eigenvalue weighted by molar-refractivity contribution is 0.271. The molecule has 3 rings (SSSR count). The van der Waals surface area contributed by atoms with Crippen molar-refractivity contribution in [3.8, 4) is 0 Å². The molecule has 2 N–H and O–H groups in total. The van der Waals surface area contributed by atoms with Gasteiger partial charge in [0.05, 0.1) is 17.1 Å². The summed E-state index contributed by atoms with van der Waals surface area (Å²) in [5, 5.41) is 6.97. The quantitative estimate of drug-likeness (QED) is 0.479. The van der Waals surface area contributed by atoms with Crippen molar-refractivity contribution in [2.24, 2.45) is 5.11 Å². The molecule has 148 valence electrons. The highest BCUT2D eigenvalue weighted by atomic mass is 15.2. The van der Waals surface area contributed by atoms with Crippen LogP contribution in [0.4, 0.5) is 5.69 Å². The third-order valence-electron chi connectivity index (χ3n) is 4.52. The van der Waals surface area contributed by atoms with Crippen molar-refractivity contribution in [2.45, 2.75) is 26.4 Å². The van der Waals surface area contributed by atoms with Gasteiger partial charge < -0.3 is 5.32 Å². The van der Waals surface area contributed by atoms with Gasteiger partial charge in [-0.05, 0) is 48.4 Å². The maximum absolute atomic E-state index is 7.60. The second kappa shape index (κ2) is 10.8. The topological polar surface area (TPSA) is 77.3 Å². The van der Waals surface area contributed by atoms with Gasteiger partial charge in [0.1, 0.15) is 0 Å². The van der Waals surface area contributed by atoms with Gasteiger partial charge in [-0.25, -0.2) is 5.53 Å². The van der Waals surface area contributed by atoms with Crippen LogP contribution in [0.3, 0.4) is 0 Å². The molecule has 0 atom stereocenters. The molecule has 6 nitrogen and oxygen atoms in total. The molecule has 1 aromatic carbocycles. The Morgan fingerprint density at radius 1 is 0.966 bits per heavy atom. The molecule has 2 aromatic heterocycles. The van der Waals surface area contributed by atoms with Crippen LogP contribution in [0.25, 0.3) is 0 Å². The Labute approximate surface area is 171 Å². The predicted octanol–water partition coefficient (Wildman–Crippen LogP) is 5.03. The molecule has 0 saturated carbocycles. The fourth-order valence-corrected chi connectivity index (χ4v) is 2.95. The van der Waals surface area contributed by atoms with Gasteiger partial charge in [-0.3, -0.25) is 14.9 Å². The van der Waals surface area contributed by atoms with Crippen LogP contribution in [0.15, 0.2) is 90.1 Å². The molecular formula is C23H26N6. The van der Waals surface area contributed by atoms with Crippen LogP contribution in [-0.2, 0) is 19.5 Å². The lowest BCUT2D eigenvalue weighted by Crippen LogP contribution is -2.26. The van der Waals surface area contributed by atoms with Gasteiger partial charge in [-0.15, -0.1) is 0 Å². The summed E-state index contributed by atoms with van der Waals surface area (Å²) in [4.78, 5) is 11.0. The molecular weight excluding hydrogens is 360 g/mol. The van der Waals surface area contributed by atoms with Gasteiger partial charge in [-0.2, -0.15) is 5.11 Å². The van der Waals surface area contributed by atoms with Crippen LogP contribution in [0.2, 0.25) is 0 Å². The Balaban J connectivity index is 1.71. The van der Waals surface area contributed by atoms with Crippen molar-refractivity contribution in [1.29, 1.82) is 5.53 Å². The Morgan fingerprint density at radius 3 is 2.07 bits per heavy atom. The van der Waals surface area contributed by atoms with E-state index in [1.54, 1.807) is 18.6 Å². The van der Waals surface area contributed by atoms with Crippen molar-refractivity contribution >= 4 is 5.69 Å². The third kappa shape index (κ3) is 6.62. The van der Waals surface area contributed by atoms with Crippen molar-refractivity contribution in [3.63, 3.8) is 0 Å². The Kier molecular flexibility index (Phi) is 7.60. The van der Waals surface area contributed by atoms with Gasteiger partial charge in [0.15, 0.2) is 0 Å². The molecule has 6 heteroatoms. The van der Waals surface area contributed by atoms with Crippen molar-refractivity contribution in [3.05, 3.63) is 102 Å². The number of nitrogens with one attached hydrogen (secondary N) is 2. The number of pyridine rings is 2. The van der Waals surface area contributed by atoms with Gasteiger partial charge in [0.2, 0.25) is 0 Å². The number of nitrogens with zero attached hydrogens (tertiary/aromatic N) is 4. The average molecular weight is 387 g/mol. The maximum atomic E-state index is 7.60. The smallest absolute Gasteiger partial charge is 0.0923 e. The first kappa shape index (κ1) is 20.4. The number of benzene rings is 1. The van der Waals surface area contributed by atoms with E-state index in [0.29, 0.717) is 25.3 Å². The molecule has 0 aliphatic heterocycles. The fraction of sp³-hybridized carbons (Fsp3) is 0.217. The van der Waals surface area contributed by atoms with Crippen molar-refractivity contribution in [1.82, 2.24) is 14.9 Å². The number of aryl methyl sites for hydroxylation is 1. The van der Waals surface area contributed by atoms with Crippen LogP contribution in [0.1, 0.15) is 23.9 Å². The lowest BCUT2D eigenvalue weighted by atomic mass is 10.1. The minimum Gasteiger partial charge on any atom is -0.360 e. The zero-order valence-corrected chi connectivity index (χ0v) is 16.6. The van der Waals surface area contributed by atoms with Gasteiger partial charge >= 0.3 is 0 Å². The molecule has 29 heavy (non-hydrogen) atoms. The van der Waals surface area contributed by atoms with Crippen LogP contribution in [0.5, 0.6) is 0 Å². The molecule has 0 spiro atoms. The first-order chi connectivity index (χ1) is 14.3. The van der Waals surface area contributed by atoms with E-state index in [1.807, 2.05) is 48.5 Å². The summed E-state index contributed by atoms with van der Waals surface area (Å²) in [7, 11) is 0. The standard InChI is InChI=1S/C23H26N6/c1-2-19-9-11-20(12-10-19)27-15-23(28-24)18-29(16-21-7-3-5-13-25-21)17-22-8-4-6-14-26-22/h3-15,24,27H,2,16-18H2,1H3/b23-15-,28-24?. The normalized spacial score (nSPS) is 11.4. The predicted molar refractivity (Wildman–Crippen MR) is 115 cm³/mol. The lowest BCUT2D eigenvalue weighted by Gasteiger charge is -2.21. The van der Waals surface area contributed by atoms with E-state index in [1.165, 1.54) is 5.56 Å². The number of anilines is 1. The minimum absolute atomic E-state index is 0.511. The zero-order chi connectivity index (χ0) is 20.3. The van der Waals surface area contributed by atoms with Crippen LogP contribution in [-0.4, -0.2) is 21.4 Å². The summed E-state index contributed by atoms with van der Waals surface area (Å²) in [5.74, 6) is 0. The third-order valence-corrected chi connectivity index (χ3v) is 4.52. The molecule has 2 heterocycles. The number of aromatic nitrogens is 2. The molecule has 0 fully saturated rings. The first-order valence-electron chi connectivity index (χ1n) is 9.71. The first-order valence-corrected chi connectivity index (χ1v) is 9.71. The molecule has 0 saturated heterocycles. The van der Waals surface area contributed by atoms with Gasteiger partial charge in [-0.1, -0.05) is 31.2 Å². The summed E-state index contributed by atoms with van der Waals surface area (Å²) >= 11 is 0. The Bertz CT molecular complexity index is 866. The molecule has 0 radical (unpaired) electrons. The largest absolute Gasteiger partial charge is 0.360 e. The van der Waals surface area contributed by atoms with Crippen LogP contribution < -0.4 is 5.32 Å². The van der Waals surface area contributed by atoms with Crippen molar-refractivity contribution < 1.29 is 0 Å². The van der Waals surface area contributed by atoms with Gasteiger partial charge in [0, 0.05) is 43.9 Å². The number of hydrogen-bond donors (Lipinski definition) is 2. The minimum atomic E-state index is 0.511. The van der Waals surface area contributed by atoms with E-state index in [2.05, 4.69) is 44.4 Å². The molecule has 3 aromatic rings. The average Bonchev–Trinajstić information content (AvgIpc) is 2.78. The number of rotatable bonds is 10. The summed E-state index contributed by atoms with van der Waals surface area (Å²) in [6.07, 6.45) is 6.39. The van der Waals surface area contributed by atoms with E-state index in [-0.39, 0.29) is 0 Å². The van der Waals surface area contributed by atoms with E-state index >= 15 is 0 Å². The van der Waals surface area contributed by atoms with E-state index < -0.39 is 0 Å². The Morgan fingerprint density at radius 2 is 1.59 bits per heavy atom. The molecule has 0 aliphatic rings. The highest BCUT2D eigenvalue weighted by Crippen LogP contribution is 2.13. The zero-order valence-electron chi connectivity index (χ0n) is 16.6. The van der Waals surface area contributed by atoms with E-state index in [4.69, 9.17) is 5.53 Å². The number of hydrogen-bond acceptors (Lipinski definition) is 6. The summed E-state index contributed by atoms with van der Waals surface area (Å²) < 4.78 is 0. The molecule has 0 aliphatic carbocycles. The molecule has 0 bridgehead atoms. The second-order valence-electron chi connectivity index (χ2n) is 6.73. The van der Waals surface area contributed by atoms with Crippen molar-refractivity contribution in [2.75, 3.05) is 11.9 Å². The van der Waals surface area contributed by atoms with Gasteiger partial charge in [0.25, 0.3) is 0 Å².